The average Bonchev–Trinajstić information content (AvgIpc) is 2.65. The van der Waals surface area contributed by atoms with Gasteiger partial charge in [-0.15, -0.1) is 0 Å². The van der Waals surface area contributed by atoms with Gasteiger partial charge in [-0.1, -0.05) is 35.9 Å². The lowest BCUT2D eigenvalue weighted by molar-refractivity contribution is -0.138. The average molecular weight is 391 g/mol. The van der Waals surface area contributed by atoms with Gasteiger partial charge in [-0.25, -0.2) is 4.79 Å². The number of dihydropyridines is 1. The molecule has 0 spiro atoms. The van der Waals surface area contributed by atoms with Gasteiger partial charge in [0, 0.05) is 6.21 Å². The molecule has 0 radical (unpaired) electrons. The normalized spacial score (nSPS) is 21.2. The number of nitrogens with zero attached hydrogens (tertiary/aromatic N) is 1. The van der Waals surface area contributed by atoms with Crippen LogP contribution in [0.15, 0.2) is 64.4 Å². The topological polar surface area (TPSA) is 47.9 Å². The quantitative estimate of drug-likeness (QED) is 0.688. The number of aliphatic imine (C=N–C) groups is 1. The first-order valence-electron chi connectivity index (χ1n) is 8.89. The number of carbonyl (C=O) groups excluding carboxylic acids is 1. The van der Waals surface area contributed by atoms with E-state index < -0.39 is 17.7 Å². The molecule has 0 saturated carbocycles. The third-order valence-corrected chi connectivity index (χ3v) is 4.48. The fourth-order valence-electron chi connectivity index (χ4n) is 3.07. The Morgan fingerprint density at radius 2 is 1.93 bits per heavy atom. The zero-order chi connectivity index (χ0) is 20.3. The molecule has 28 heavy (non-hydrogen) atoms. The molecule has 0 saturated heterocycles. The predicted molar refractivity (Wildman–Crippen MR) is 98.6 cm³/mol. The summed E-state index contributed by atoms with van der Waals surface area (Å²) in [7, 11) is 0. The third kappa shape index (κ3) is 4.35. The summed E-state index contributed by atoms with van der Waals surface area (Å²) in [5.41, 5.74) is 1.09. The smallest absolute Gasteiger partial charge is 0.416 e. The molecule has 1 aromatic carbocycles. The van der Waals surface area contributed by atoms with E-state index in [0.29, 0.717) is 11.3 Å². The summed E-state index contributed by atoms with van der Waals surface area (Å²) >= 11 is 0. The van der Waals surface area contributed by atoms with Crippen molar-refractivity contribution in [2.75, 3.05) is 6.61 Å². The molecule has 0 N–H and O–H groups in total. The van der Waals surface area contributed by atoms with Gasteiger partial charge in [0.2, 0.25) is 0 Å². The summed E-state index contributed by atoms with van der Waals surface area (Å²) in [5, 5.41) is 0. The van der Waals surface area contributed by atoms with Gasteiger partial charge in [0.25, 0.3) is 0 Å². The first kappa shape index (κ1) is 19.9. The van der Waals surface area contributed by atoms with Crippen LogP contribution >= 0.6 is 0 Å². The summed E-state index contributed by atoms with van der Waals surface area (Å²) in [5.74, 6) is -0.376. The van der Waals surface area contributed by atoms with Crippen LogP contribution in [0.3, 0.4) is 0 Å². The Bertz CT molecular complexity index is 864. The Balaban J connectivity index is 1.85. The van der Waals surface area contributed by atoms with Crippen LogP contribution in [0.1, 0.15) is 25.0 Å². The van der Waals surface area contributed by atoms with Gasteiger partial charge in [-0.05, 0) is 31.5 Å². The molecule has 148 valence electrons. The van der Waals surface area contributed by atoms with Crippen molar-refractivity contribution < 1.29 is 27.4 Å². The molecule has 2 atom stereocenters. The number of alkyl halides is 3. The van der Waals surface area contributed by atoms with Gasteiger partial charge in [0.15, 0.2) is 0 Å². The van der Waals surface area contributed by atoms with Crippen LogP contribution in [0.2, 0.25) is 0 Å². The zero-order valence-electron chi connectivity index (χ0n) is 15.5. The van der Waals surface area contributed by atoms with Gasteiger partial charge >= 0.3 is 12.1 Å². The predicted octanol–water partition coefficient (Wildman–Crippen LogP) is 4.62. The minimum Gasteiger partial charge on any atom is -0.492 e. The maximum absolute atomic E-state index is 12.7. The monoisotopic (exact) mass is 391 g/mol. The summed E-state index contributed by atoms with van der Waals surface area (Å²) < 4.78 is 49.2. The minimum absolute atomic E-state index is 0.0318. The lowest BCUT2D eigenvalue weighted by Gasteiger charge is -2.29. The van der Waals surface area contributed by atoms with Gasteiger partial charge in [-0.3, -0.25) is 4.99 Å². The Morgan fingerprint density at radius 1 is 1.21 bits per heavy atom. The second-order valence-electron chi connectivity index (χ2n) is 6.55. The molecular weight excluding hydrogens is 371 g/mol. The zero-order valence-corrected chi connectivity index (χ0v) is 15.5. The Morgan fingerprint density at radius 3 is 2.57 bits per heavy atom. The molecule has 1 aliphatic carbocycles. The van der Waals surface area contributed by atoms with E-state index in [1.807, 2.05) is 25.2 Å². The third-order valence-electron chi connectivity index (χ3n) is 4.48. The van der Waals surface area contributed by atoms with Gasteiger partial charge < -0.3 is 9.47 Å². The van der Waals surface area contributed by atoms with Gasteiger partial charge in [0.1, 0.15) is 17.9 Å². The molecule has 4 nitrogen and oxygen atoms in total. The maximum Gasteiger partial charge on any atom is 0.416 e. The van der Waals surface area contributed by atoms with Gasteiger partial charge in [0.05, 0.1) is 24.1 Å². The van der Waals surface area contributed by atoms with Crippen molar-refractivity contribution in [2.45, 2.75) is 32.7 Å². The highest BCUT2D eigenvalue weighted by atomic mass is 19.4. The number of carbonyl (C=O) groups is 1. The highest BCUT2D eigenvalue weighted by Gasteiger charge is 2.33. The fraction of sp³-hybridized carbons (Fsp3) is 0.333. The number of ether oxygens (including phenoxy) is 2. The first-order chi connectivity index (χ1) is 13.3. The largest absolute Gasteiger partial charge is 0.492 e. The van der Waals surface area contributed by atoms with E-state index in [1.54, 1.807) is 6.92 Å². The molecule has 0 unspecified atom stereocenters. The number of rotatable bonds is 5. The van der Waals surface area contributed by atoms with Crippen molar-refractivity contribution in [1.29, 1.82) is 0 Å². The number of esters is 1. The second kappa shape index (κ2) is 8.04. The number of hydrogen-bond donors (Lipinski definition) is 0. The number of hydrogen-bond acceptors (Lipinski definition) is 4. The maximum atomic E-state index is 12.7. The first-order valence-corrected chi connectivity index (χ1v) is 8.89. The molecule has 0 amide bonds. The Labute approximate surface area is 161 Å². The van der Waals surface area contributed by atoms with Crippen molar-refractivity contribution in [2.24, 2.45) is 10.9 Å². The minimum atomic E-state index is -4.39. The van der Waals surface area contributed by atoms with E-state index >= 15 is 0 Å². The van der Waals surface area contributed by atoms with E-state index in [2.05, 4.69) is 4.99 Å². The molecule has 0 fully saturated rings. The molecule has 3 rings (SSSR count). The van der Waals surface area contributed by atoms with Crippen molar-refractivity contribution in [1.82, 2.24) is 0 Å². The lowest BCUT2D eigenvalue weighted by atomic mass is 9.87. The van der Waals surface area contributed by atoms with Crippen molar-refractivity contribution in [3.05, 3.63) is 70.5 Å². The molecule has 0 bridgehead atoms. The second-order valence-corrected chi connectivity index (χ2v) is 6.55. The van der Waals surface area contributed by atoms with E-state index in [0.717, 1.165) is 17.7 Å². The fourth-order valence-corrected chi connectivity index (χ4v) is 3.07. The van der Waals surface area contributed by atoms with Crippen LogP contribution < -0.4 is 0 Å². The molecule has 1 aliphatic heterocycles. The van der Waals surface area contributed by atoms with Crippen LogP contribution in [0.4, 0.5) is 13.2 Å². The molecule has 1 heterocycles. The van der Waals surface area contributed by atoms with E-state index in [-0.39, 0.29) is 30.7 Å². The highest BCUT2D eigenvalue weighted by molar-refractivity contribution is 6.10. The summed E-state index contributed by atoms with van der Waals surface area (Å²) in [6.45, 7) is 3.88. The number of allylic oxidation sites excluding steroid dienone is 2. The van der Waals surface area contributed by atoms with Crippen LogP contribution in [0, 0.1) is 5.92 Å². The number of benzene rings is 1. The summed E-state index contributed by atoms with van der Waals surface area (Å²) in [4.78, 5) is 16.7. The van der Waals surface area contributed by atoms with Crippen molar-refractivity contribution in [3.63, 3.8) is 0 Å². The summed E-state index contributed by atoms with van der Waals surface area (Å²) in [6.07, 6.45) is 2.90. The van der Waals surface area contributed by atoms with Crippen LogP contribution in [-0.4, -0.2) is 24.8 Å². The van der Waals surface area contributed by atoms with Gasteiger partial charge in [-0.2, -0.15) is 13.2 Å². The Kier molecular flexibility index (Phi) is 5.72. The highest BCUT2D eigenvalue weighted by Crippen LogP contribution is 2.33. The van der Waals surface area contributed by atoms with E-state index in [4.69, 9.17) is 9.47 Å². The molecular formula is C21H20F3NO3. The van der Waals surface area contributed by atoms with Crippen molar-refractivity contribution in [3.8, 4) is 0 Å². The summed E-state index contributed by atoms with van der Waals surface area (Å²) in [6, 6.07) is 4.56. The van der Waals surface area contributed by atoms with E-state index in [1.165, 1.54) is 18.3 Å². The lowest BCUT2D eigenvalue weighted by Crippen LogP contribution is -2.29. The van der Waals surface area contributed by atoms with E-state index in [9.17, 15) is 18.0 Å². The SMILES string of the molecule is CCOC(=O)C1=C(OCc2ccc(C(F)(F)F)cc2)[C@H]2C=C(C)C=C[C@@H]2N=C1. The molecule has 2 aliphatic rings. The molecule has 1 aromatic rings. The molecule has 0 aromatic heterocycles. The Hall–Kier alpha value is -2.83. The van der Waals surface area contributed by atoms with Crippen LogP contribution in [-0.2, 0) is 27.1 Å². The number of halogens is 3. The van der Waals surface area contributed by atoms with Crippen LogP contribution in [0.25, 0.3) is 0 Å². The molecule has 7 heteroatoms. The number of fused-ring (bicyclic) bond motifs is 1. The van der Waals surface area contributed by atoms with Crippen molar-refractivity contribution >= 4 is 12.2 Å². The van der Waals surface area contributed by atoms with Crippen LogP contribution in [0.5, 0.6) is 0 Å². The standard InChI is InChI=1S/C21H20F3NO3/c1-3-27-20(26)17-11-25-18-9-4-13(2)10-16(18)19(17)28-12-14-5-7-15(8-6-14)21(22,23)24/h4-11,16,18H,3,12H2,1-2H3/t16-,18-/m0/s1.